The van der Waals surface area contributed by atoms with E-state index < -0.39 is 163 Å². The largest absolute Gasteiger partial charge is 0.462 e. The van der Waals surface area contributed by atoms with E-state index in [4.69, 9.17) is 42.6 Å². The number of ether oxygens (including phenoxy) is 9. The first-order valence-electron chi connectivity index (χ1n) is 29.4. The van der Waals surface area contributed by atoms with Crippen molar-refractivity contribution in [2.24, 2.45) is 23.7 Å². The fraction of sp³-hybridized carbons (Fsp3) is 0.787. The molecular weight excluding hydrogens is 1050 g/mol. The zero-order valence-corrected chi connectivity index (χ0v) is 48.6. The summed E-state index contributed by atoms with van der Waals surface area (Å²) >= 11 is 0. The van der Waals surface area contributed by atoms with Gasteiger partial charge in [-0.1, -0.05) is 89.0 Å². The summed E-state index contributed by atoms with van der Waals surface area (Å²) in [6.07, 6.45) is -6.07. The van der Waals surface area contributed by atoms with Gasteiger partial charge in [-0.2, -0.15) is 0 Å². The minimum Gasteiger partial charge on any atom is -0.462 e. The standard InChI is InChI=1S/C61H94O20/c1-11-12-16-40(63)19-33(2)20-51-54(69)55-38(7)56(75-51)57(70)61(72)31-49(66)36(5)50(81-61)18-15-13-14-17-42-22-41(64)27-59(77-42)29-45(73-10)23-43(78-59)25-48(65)37(6)53(68)35(4)34(3)21-47-28-58(9,71)32-60(80-47)30-46(74-39(8)62)24-44(79-60)26-52(67)76-55/h11-12,14,16-17,35-38,40-47,49-51,53-57,63-64,66,68-72H,1-3,13,15,18-32H2,4-10H3/b16-12+,17-14-/t35-,36-,37+,38+,40-,41+,42+,43?,44?,45+,46+,47+,49+,50-,51+,53+,54+,55+,56?,57+,58+,59-,60-,61-/m0/s1. The highest BCUT2D eigenvalue weighted by Gasteiger charge is 2.58. The van der Waals surface area contributed by atoms with Gasteiger partial charge in [-0.25, -0.2) is 0 Å². The molecule has 20 heteroatoms. The number of ketones is 1. The monoisotopic (exact) mass is 1150 g/mol. The van der Waals surface area contributed by atoms with Crippen LogP contribution in [0.15, 0.2) is 61.3 Å². The van der Waals surface area contributed by atoms with Crippen molar-refractivity contribution >= 4 is 17.7 Å². The highest BCUT2D eigenvalue weighted by Crippen LogP contribution is 2.48. The summed E-state index contributed by atoms with van der Waals surface area (Å²) in [5, 5.41) is 93.8. The van der Waals surface area contributed by atoms with Crippen molar-refractivity contribution in [2.45, 2.75) is 271 Å². The summed E-state index contributed by atoms with van der Waals surface area (Å²) in [7, 11) is 1.58. The number of allylic oxidation sites excluding steroid dienone is 3. The summed E-state index contributed by atoms with van der Waals surface area (Å²) in [5.74, 6) is -9.90. The SMILES string of the molecule is C=C/C=C/[C@H](O)CC(=C)C[C@H]1OC2[C@@H](O)[C@]3(O)C[C@@H](O)[C@H](C)[C@H](CCC/C=C\[C@@H]4C[C@@H](O)C[C@]5(C[C@H](OC)CC(CC(=O)[C@@H](C)[C@H](O)[C@@H](C)C(=C)C[C@@H]6C[C@@](C)(O)C[C@]7(C[C@H](OC(C)=O)CC(CC(=O)O[C@@H]([C@@H]1O)[C@H]2C)O7)O6)O5)O4)O3. The van der Waals surface area contributed by atoms with Crippen molar-refractivity contribution in [3.63, 3.8) is 0 Å². The number of methoxy groups -OCH3 is 1. The van der Waals surface area contributed by atoms with Crippen molar-refractivity contribution in [2.75, 3.05) is 7.11 Å². The Hall–Kier alpha value is -3.29. The van der Waals surface area contributed by atoms with Crippen molar-refractivity contribution in [3.05, 3.63) is 61.3 Å². The van der Waals surface area contributed by atoms with Gasteiger partial charge in [-0.05, 0) is 45.4 Å². The van der Waals surface area contributed by atoms with E-state index in [1.54, 1.807) is 47.8 Å². The molecule has 6 saturated heterocycles. The molecule has 0 aromatic rings. The molecule has 0 aromatic carbocycles. The first-order valence-corrected chi connectivity index (χ1v) is 29.4. The van der Waals surface area contributed by atoms with Crippen LogP contribution in [0.5, 0.6) is 0 Å². The minimum absolute atomic E-state index is 0.00495. The van der Waals surface area contributed by atoms with E-state index in [2.05, 4.69) is 19.7 Å². The second-order valence-electron chi connectivity index (χ2n) is 25.2. The lowest BCUT2D eigenvalue weighted by Crippen LogP contribution is -2.65. The average Bonchev–Trinajstić information content (AvgIpc) is 3.42. The first-order chi connectivity index (χ1) is 38.0. The lowest BCUT2D eigenvalue weighted by atomic mass is 9.78. The molecule has 0 amide bonds. The molecule has 10 bridgehead atoms. The minimum atomic E-state index is -2.38. The molecule has 24 atom stereocenters. The van der Waals surface area contributed by atoms with Gasteiger partial charge in [-0.3, -0.25) is 14.4 Å². The Bertz CT molecular complexity index is 2250. The van der Waals surface area contributed by atoms with Gasteiger partial charge in [0.05, 0.1) is 85.3 Å². The molecule has 458 valence electrons. The zero-order valence-electron chi connectivity index (χ0n) is 48.6. The molecule has 81 heavy (non-hydrogen) atoms. The number of Topliss-reactive ketones (excluding diaryl/α,β-unsaturated/α-hetero) is 1. The summed E-state index contributed by atoms with van der Waals surface area (Å²) in [6.45, 7) is 21.8. The fourth-order valence-corrected chi connectivity index (χ4v) is 13.7. The van der Waals surface area contributed by atoms with Gasteiger partial charge in [0.2, 0.25) is 0 Å². The van der Waals surface area contributed by atoms with Gasteiger partial charge >= 0.3 is 11.9 Å². The normalized spacial score (nSPS) is 46.2. The van der Waals surface area contributed by atoms with Gasteiger partial charge in [0.15, 0.2) is 17.4 Å². The van der Waals surface area contributed by atoms with E-state index in [9.17, 15) is 55.2 Å². The predicted octanol–water partition coefficient (Wildman–Crippen LogP) is 4.77. The Morgan fingerprint density at radius 3 is 2.21 bits per heavy atom. The van der Waals surface area contributed by atoms with E-state index in [-0.39, 0.29) is 69.7 Å². The number of carbonyl (C=O) groups excluding carboxylic acids is 3. The third-order valence-electron chi connectivity index (χ3n) is 18.0. The highest BCUT2D eigenvalue weighted by atomic mass is 16.7. The van der Waals surface area contributed by atoms with E-state index in [0.29, 0.717) is 49.7 Å². The maximum Gasteiger partial charge on any atom is 0.308 e. The van der Waals surface area contributed by atoms with E-state index >= 15 is 0 Å². The smallest absolute Gasteiger partial charge is 0.308 e. The van der Waals surface area contributed by atoms with Crippen molar-refractivity contribution in [3.8, 4) is 0 Å². The molecular formula is C61H94O20. The molecule has 0 aliphatic carbocycles. The number of hydrogen-bond donors (Lipinski definition) is 8. The summed E-state index contributed by atoms with van der Waals surface area (Å²) in [6, 6.07) is 0. The van der Waals surface area contributed by atoms with Crippen LogP contribution >= 0.6 is 0 Å². The second kappa shape index (κ2) is 27.4. The molecule has 7 aliphatic rings. The molecule has 7 rings (SSSR count). The third kappa shape index (κ3) is 16.6. The summed E-state index contributed by atoms with van der Waals surface area (Å²) in [4.78, 5) is 41.0. The van der Waals surface area contributed by atoms with Crippen LogP contribution in [0, 0.1) is 23.7 Å². The third-order valence-corrected chi connectivity index (χ3v) is 18.0. The number of hydrogen-bond acceptors (Lipinski definition) is 20. The number of aliphatic hydroxyl groups is 8. The molecule has 7 heterocycles. The summed E-state index contributed by atoms with van der Waals surface area (Å²) in [5.41, 5.74) is -0.417. The molecule has 0 radical (unpaired) electrons. The van der Waals surface area contributed by atoms with Crippen molar-refractivity contribution in [1.82, 2.24) is 0 Å². The molecule has 0 saturated carbocycles. The van der Waals surface area contributed by atoms with Crippen LogP contribution in [0.3, 0.4) is 0 Å². The molecule has 3 unspecified atom stereocenters. The van der Waals surface area contributed by atoms with Gasteiger partial charge < -0.3 is 83.5 Å². The predicted molar refractivity (Wildman–Crippen MR) is 293 cm³/mol. The van der Waals surface area contributed by atoms with Crippen LogP contribution in [0.2, 0.25) is 0 Å². The molecule has 8 N–H and O–H groups in total. The van der Waals surface area contributed by atoms with E-state index in [1.807, 2.05) is 12.2 Å². The average molecular weight is 1150 g/mol. The Balaban J connectivity index is 1.20. The molecule has 20 nitrogen and oxygen atoms in total. The quantitative estimate of drug-likeness (QED) is 0.0922. The number of carbonyl (C=O) groups is 3. The zero-order chi connectivity index (χ0) is 59.4. The van der Waals surface area contributed by atoms with Crippen LogP contribution in [0.4, 0.5) is 0 Å². The second-order valence-corrected chi connectivity index (χ2v) is 25.2. The number of esters is 2. The van der Waals surface area contributed by atoms with Gasteiger partial charge in [0.1, 0.15) is 30.2 Å². The van der Waals surface area contributed by atoms with Crippen molar-refractivity contribution < 1.29 is 97.9 Å². The fourth-order valence-electron chi connectivity index (χ4n) is 13.7. The first kappa shape index (κ1) is 65.3. The maximum atomic E-state index is 14.4. The van der Waals surface area contributed by atoms with Gasteiger partial charge in [-0.15, -0.1) is 0 Å². The van der Waals surface area contributed by atoms with Gasteiger partial charge in [0, 0.05) is 102 Å². The topological polar surface area (TPSA) is 296 Å². The number of rotatable bonds is 8. The van der Waals surface area contributed by atoms with Crippen LogP contribution in [0.25, 0.3) is 0 Å². The van der Waals surface area contributed by atoms with E-state index in [0.717, 1.165) is 0 Å². The molecule has 6 fully saturated rings. The lowest BCUT2D eigenvalue weighted by molar-refractivity contribution is -0.351. The van der Waals surface area contributed by atoms with E-state index in [1.165, 1.54) is 19.1 Å². The van der Waals surface area contributed by atoms with Crippen LogP contribution in [-0.4, -0.2) is 186 Å². The maximum absolute atomic E-state index is 14.4. The van der Waals surface area contributed by atoms with Crippen LogP contribution in [0.1, 0.15) is 151 Å². The van der Waals surface area contributed by atoms with Crippen LogP contribution in [-0.2, 0) is 57.0 Å². The Morgan fingerprint density at radius 2 is 1.51 bits per heavy atom. The lowest BCUT2D eigenvalue weighted by Gasteiger charge is -2.52. The number of aliphatic hydroxyl groups excluding tert-OH is 6. The number of fused-ring (bicyclic) bond motifs is 8. The Labute approximate surface area is 477 Å². The summed E-state index contributed by atoms with van der Waals surface area (Å²) < 4.78 is 57.2. The Morgan fingerprint density at radius 1 is 0.827 bits per heavy atom. The Kier molecular flexibility index (Phi) is 22.1. The molecule has 0 aromatic heterocycles. The molecule has 2 spiro atoms. The molecule has 7 aliphatic heterocycles. The van der Waals surface area contributed by atoms with Crippen molar-refractivity contribution in [1.29, 1.82) is 0 Å². The van der Waals surface area contributed by atoms with Gasteiger partial charge in [0.25, 0.3) is 0 Å². The van der Waals surface area contributed by atoms with Crippen LogP contribution < -0.4 is 0 Å². The highest BCUT2D eigenvalue weighted by molar-refractivity contribution is 5.81.